The summed E-state index contributed by atoms with van der Waals surface area (Å²) >= 11 is 5.80. The van der Waals surface area contributed by atoms with E-state index in [0.717, 1.165) is 11.7 Å². The number of halogens is 1. The highest BCUT2D eigenvalue weighted by Gasteiger charge is 2.33. The molecule has 1 atom stereocenters. The summed E-state index contributed by atoms with van der Waals surface area (Å²) in [6, 6.07) is 4.22. The molecule has 1 unspecified atom stereocenters. The summed E-state index contributed by atoms with van der Waals surface area (Å²) in [7, 11) is 2.05. The van der Waals surface area contributed by atoms with Crippen molar-refractivity contribution in [3.8, 4) is 0 Å². The first-order valence-corrected chi connectivity index (χ1v) is 5.64. The highest BCUT2D eigenvalue weighted by atomic mass is 35.5. The van der Waals surface area contributed by atoms with Crippen LogP contribution in [0.2, 0.25) is 5.02 Å². The zero-order chi connectivity index (χ0) is 10.8. The first-order chi connectivity index (χ1) is 7.22. The van der Waals surface area contributed by atoms with Crippen molar-refractivity contribution in [2.75, 3.05) is 18.5 Å². The van der Waals surface area contributed by atoms with Crippen LogP contribution in [-0.2, 0) is 0 Å². The Balaban J connectivity index is 2.11. The molecule has 0 spiro atoms. The minimum Gasteiger partial charge on any atom is -0.355 e. The lowest BCUT2D eigenvalue weighted by atomic mass is 10.1. The number of hydrogen-bond acceptors (Lipinski definition) is 3. The molecule has 0 bridgehead atoms. The van der Waals surface area contributed by atoms with Gasteiger partial charge in [-0.3, -0.25) is 0 Å². The zero-order valence-corrected chi connectivity index (χ0v) is 9.61. The Morgan fingerprint density at radius 3 is 2.80 bits per heavy atom. The molecule has 0 radical (unpaired) electrons. The summed E-state index contributed by atoms with van der Waals surface area (Å²) in [5, 5.41) is 0.669. The van der Waals surface area contributed by atoms with E-state index in [-0.39, 0.29) is 0 Å². The Bertz CT molecular complexity index is 321. The molecule has 2 N–H and O–H groups in total. The molecule has 15 heavy (non-hydrogen) atoms. The van der Waals surface area contributed by atoms with E-state index in [1.165, 1.54) is 12.8 Å². The molecule has 82 valence electrons. The molecule has 3 nitrogen and oxygen atoms in total. The quantitative estimate of drug-likeness (QED) is 0.851. The van der Waals surface area contributed by atoms with Gasteiger partial charge < -0.3 is 10.6 Å². The van der Waals surface area contributed by atoms with Crippen LogP contribution in [0.25, 0.3) is 0 Å². The number of aromatic nitrogens is 1. The van der Waals surface area contributed by atoms with Gasteiger partial charge in [-0.25, -0.2) is 4.98 Å². The van der Waals surface area contributed by atoms with Crippen molar-refractivity contribution < 1.29 is 0 Å². The van der Waals surface area contributed by atoms with Crippen LogP contribution in [0.3, 0.4) is 0 Å². The maximum Gasteiger partial charge on any atom is 0.128 e. The van der Waals surface area contributed by atoms with Crippen LogP contribution in [0.1, 0.15) is 12.8 Å². The van der Waals surface area contributed by atoms with Crippen LogP contribution in [0.4, 0.5) is 5.82 Å². The fourth-order valence-electron chi connectivity index (χ4n) is 1.89. The Morgan fingerprint density at radius 2 is 2.33 bits per heavy atom. The molecular formula is C11H16ClN3. The van der Waals surface area contributed by atoms with Crippen LogP contribution in [0, 0.1) is 5.92 Å². The molecule has 1 aromatic heterocycles. The zero-order valence-electron chi connectivity index (χ0n) is 8.86. The molecule has 1 aliphatic carbocycles. The van der Waals surface area contributed by atoms with E-state index in [2.05, 4.69) is 9.88 Å². The van der Waals surface area contributed by atoms with Gasteiger partial charge in [0, 0.05) is 25.8 Å². The minimum atomic E-state index is 0.415. The minimum absolute atomic E-state index is 0.415. The second-order valence-electron chi connectivity index (χ2n) is 4.09. The largest absolute Gasteiger partial charge is 0.355 e. The lowest BCUT2D eigenvalue weighted by Crippen LogP contribution is -2.40. The summed E-state index contributed by atoms with van der Waals surface area (Å²) in [4.78, 5) is 6.46. The highest BCUT2D eigenvalue weighted by Crippen LogP contribution is 2.35. The molecule has 1 saturated carbocycles. The predicted molar refractivity (Wildman–Crippen MR) is 63.2 cm³/mol. The molecule has 0 aromatic carbocycles. The van der Waals surface area contributed by atoms with Crippen molar-refractivity contribution in [1.29, 1.82) is 0 Å². The Morgan fingerprint density at radius 1 is 1.60 bits per heavy atom. The van der Waals surface area contributed by atoms with Crippen LogP contribution in [0.5, 0.6) is 0 Å². The molecule has 1 heterocycles. The van der Waals surface area contributed by atoms with Gasteiger partial charge in [0.05, 0.1) is 5.02 Å². The van der Waals surface area contributed by atoms with E-state index in [1.807, 2.05) is 19.2 Å². The standard InChI is InChI=1S/C11H16ClN3/c1-15(10(6-13)8-2-3-8)11-5-4-9(12)7-14-11/h4-5,7-8,10H,2-3,6,13H2,1H3. The molecule has 1 fully saturated rings. The topological polar surface area (TPSA) is 42.2 Å². The first kappa shape index (κ1) is 10.7. The normalized spacial score (nSPS) is 17.5. The summed E-state index contributed by atoms with van der Waals surface area (Å²) in [5.41, 5.74) is 5.79. The number of pyridine rings is 1. The second-order valence-corrected chi connectivity index (χ2v) is 4.52. The van der Waals surface area contributed by atoms with Gasteiger partial charge in [-0.1, -0.05) is 11.6 Å². The van der Waals surface area contributed by atoms with Gasteiger partial charge in [0.1, 0.15) is 5.82 Å². The first-order valence-electron chi connectivity index (χ1n) is 5.27. The van der Waals surface area contributed by atoms with Gasteiger partial charge in [-0.15, -0.1) is 0 Å². The van der Waals surface area contributed by atoms with Gasteiger partial charge in [-0.2, -0.15) is 0 Å². The fourth-order valence-corrected chi connectivity index (χ4v) is 2.01. The Kier molecular flexibility index (Phi) is 3.12. The Labute approximate surface area is 95.2 Å². The number of nitrogens with two attached hydrogens (primary N) is 1. The molecule has 1 aliphatic rings. The fraction of sp³-hybridized carbons (Fsp3) is 0.545. The van der Waals surface area contributed by atoms with Gasteiger partial charge in [0.15, 0.2) is 0 Å². The van der Waals surface area contributed by atoms with E-state index >= 15 is 0 Å². The van der Waals surface area contributed by atoms with Crippen molar-refractivity contribution in [2.24, 2.45) is 11.7 Å². The molecule has 4 heteroatoms. The van der Waals surface area contributed by atoms with E-state index in [1.54, 1.807) is 6.20 Å². The van der Waals surface area contributed by atoms with Crippen molar-refractivity contribution >= 4 is 17.4 Å². The SMILES string of the molecule is CN(c1ccc(Cl)cn1)C(CN)C1CC1. The number of rotatable bonds is 4. The number of anilines is 1. The molecule has 0 amide bonds. The molecule has 1 aromatic rings. The molecule has 2 rings (SSSR count). The molecule has 0 aliphatic heterocycles. The van der Waals surface area contributed by atoms with E-state index in [9.17, 15) is 0 Å². The number of hydrogen-bond donors (Lipinski definition) is 1. The van der Waals surface area contributed by atoms with Crippen molar-refractivity contribution in [2.45, 2.75) is 18.9 Å². The van der Waals surface area contributed by atoms with E-state index in [0.29, 0.717) is 17.6 Å². The maximum atomic E-state index is 5.80. The maximum absolute atomic E-state index is 5.80. The third kappa shape index (κ3) is 2.41. The van der Waals surface area contributed by atoms with Crippen molar-refractivity contribution in [3.05, 3.63) is 23.4 Å². The number of likely N-dealkylation sites (N-methyl/N-ethyl adjacent to an activating group) is 1. The lowest BCUT2D eigenvalue weighted by Gasteiger charge is -2.28. The third-order valence-corrected chi connectivity index (χ3v) is 3.20. The number of nitrogens with zero attached hydrogens (tertiary/aromatic N) is 2. The average molecular weight is 226 g/mol. The van der Waals surface area contributed by atoms with Crippen LogP contribution < -0.4 is 10.6 Å². The summed E-state index contributed by atoms with van der Waals surface area (Å²) in [6.07, 6.45) is 4.26. The van der Waals surface area contributed by atoms with Gasteiger partial charge in [0.2, 0.25) is 0 Å². The molecular weight excluding hydrogens is 210 g/mol. The molecule has 0 saturated heterocycles. The summed E-state index contributed by atoms with van der Waals surface area (Å²) < 4.78 is 0. The van der Waals surface area contributed by atoms with Gasteiger partial charge >= 0.3 is 0 Å². The monoisotopic (exact) mass is 225 g/mol. The highest BCUT2D eigenvalue weighted by molar-refractivity contribution is 6.30. The average Bonchev–Trinajstić information content (AvgIpc) is 3.04. The Hall–Kier alpha value is -0.800. The van der Waals surface area contributed by atoms with Crippen molar-refractivity contribution in [3.63, 3.8) is 0 Å². The van der Waals surface area contributed by atoms with E-state index < -0.39 is 0 Å². The lowest BCUT2D eigenvalue weighted by molar-refractivity contribution is 0.566. The summed E-state index contributed by atoms with van der Waals surface area (Å²) in [6.45, 7) is 0.686. The predicted octanol–water partition coefficient (Wildman–Crippen LogP) is 1.91. The third-order valence-electron chi connectivity index (χ3n) is 2.98. The summed E-state index contributed by atoms with van der Waals surface area (Å²) in [5.74, 6) is 1.69. The second kappa shape index (κ2) is 4.37. The van der Waals surface area contributed by atoms with Crippen LogP contribution in [-0.4, -0.2) is 24.6 Å². The smallest absolute Gasteiger partial charge is 0.128 e. The van der Waals surface area contributed by atoms with Crippen molar-refractivity contribution in [1.82, 2.24) is 4.98 Å². The van der Waals surface area contributed by atoms with Crippen LogP contribution in [0.15, 0.2) is 18.3 Å². The van der Waals surface area contributed by atoms with Gasteiger partial charge in [-0.05, 0) is 30.9 Å². The van der Waals surface area contributed by atoms with Crippen LogP contribution >= 0.6 is 11.6 Å². The van der Waals surface area contributed by atoms with E-state index in [4.69, 9.17) is 17.3 Å². The van der Waals surface area contributed by atoms with Gasteiger partial charge in [0.25, 0.3) is 0 Å².